The topological polar surface area (TPSA) is 75.5 Å². The average Bonchev–Trinajstić information content (AvgIpc) is 2.98. The molecule has 2 aromatic heterocycles. The van der Waals surface area contributed by atoms with Crippen LogP contribution in [0.4, 0.5) is 0 Å². The van der Waals surface area contributed by atoms with E-state index in [-0.39, 0.29) is 6.61 Å². The molecule has 0 spiro atoms. The van der Waals surface area contributed by atoms with Gasteiger partial charge in [0.2, 0.25) is 5.89 Å². The lowest BCUT2D eigenvalue weighted by atomic mass is 10.4. The highest BCUT2D eigenvalue weighted by Crippen LogP contribution is 2.18. The standard InChI is InChI=1S/C12H17N3O3/c1-2-5-15(6-7-16)9-11-13-14-12(18-11)10-4-3-8-17-10/h3-4,8,16H,2,5-7,9H2,1H3. The number of aliphatic hydroxyl groups is 1. The summed E-state index contributed by atoms with van der Waals surface area (Å²) in [7, 11) is 0. The Balaban J connectivity index is 2.01. The van der Waals surface area contributed by atoms with Crippen LogP contribution in [0.1, 0.15) is 19.2 Å². The van der Waals surface area contributed by atoms with E-state index in [1.165, 1.54) is 0 Å². The zero-order valence-corrected chi connectivity index (χ0v) is 10.4. The van der Waals surface area contributed by atoms with Crippen LogP contribution in [-0.2, 0) is 6.54 Å². The number of aliphatic hydroxyl groups excluding tert-OH is 1. The molecule has 0 aliphatic rings. The van der Waals surface area contributed by atoms with E-state index in [9.17, 15) is 0 Å². The van der Waals surface area contributed by atoms with Gasteiger partial charge >= 0.3 is 0 Å². The van der Waals surface area contributed by atoms with E-state index in [0.717, 1.165) is 13.0 Å². The predicted octanol–water partition coefficient (Wildman–Crippen LogP) is 1.53. The van der Waals surface area contributed by atoms with Gasteiger partial charge in [-0.05, 0) is 25.1 Å². The van der Waals surface area contributed by atoms with Gasteiger partial charge in [-0.3, -0.25) is 4.90 Å². The van der Waals surface area contributed by atoms with Gasteiger partial charge in [0.15, 0.2) is 5.76 Å². The van der Waals surface area contributed by atoms with E-state index in [2.05, 4.69) is 22.0 Å². The van der Waals surface area contributed by atoms with Crippen LogP contribution in [0.3, 0.4) is 0 Å². The molecule has 0 amide bonds. The van der Waals surface area contributed by atoms with Gasteiger partial charge in [0.1, 0.15) is 0 Å². The van der Waals surface area contributed by atoms with Crippen LogP contribution in [0, 0.1) is 0 Å². The van der Waals surface area contributed by atoms with E-state index in [4.69, 9.17) is 13.9 Å². The molecule has 0 unspecified atom stereocenters. The molecule has 18 heavy (non-hydrogen) atoms. The van der Waals surface area contributed by atoms with Gasteiger partial charge in [-0.15, -0.1) is 10.2 Å². The van der Waals surface area contributed by atoms with Gasteiger partial charge in [0.05, 0.1) is 19.4 Å². The van der Waals surface area contributed by atoms with Gasteiger partial charge in [0, 0.05) is 6.54 Å². The number of furan rings is 1. The molecular formula is C12H17N3O3. The third kappa shape index (κ3) is 3.18. The summed E-state index contributed by atoms with van der Waals surface area (Å²) in [5.41, 5.74) is 0. The zero-order valence-electron chi connectivity index (χ0n) is 10.4. The highest BCUT2D eigenvalue weighted by atomic mass is 16.4. The molecule has 2 rings (SSSR count). The third-order valence-corrected chi connectivity index (χ3v) is 2.51. The van der Waals surface area contributed by atoms with Crippen molar-refractivity contribution in [1.82, 2.24) is 15.1 Å². The van der Waals surface area contributed by atoms with E-state index in [1.807, 2.05) is 0 Å². The van der Waals surface area contributed by atoms with Crippen molar-refractivity contribution < 1.29 is 13.9 Å². The minimum atomic E-state index is 0.124. The van der Waals surface area contributed by atoms with Gasteiger partial charge in [0.25, 0.3) is 5.89 Å². The Kier molecular flexibility index (Phi) is 4.49. The SMILES string of the molecule is CCCN(CCO)Cc1nnc(-c2ccco2)o1. The molecule has 98 valence electrons. The van der Waals surface area contributed by atoms with Crippen molar-refractivity contribution in [3.63, 3.8) is 0 Å². The predicted molar refractivity (Wildman–Crippen MR) is 64.7 cm³/mol. The molecule has 6 heteroatoms. The first kappa shape index (κ1) is 12.8. The summed E-state index contributed by atoms with van der Waals surface area (Å²) in [5.74, 6) is 1.48. The van der Waals surface area contributed by atoms with Gasteiger partial charge in [-0.2, -0.15) is 0 Å². The molecule has 1 N–H and O–H groups in total. The summed E-state index contributed by atoms with van der Waals surface area (Å²) >= 11 is 0. The summed E-state index contributed by atoms with van der Waals surface area (Å²) < 4.78 is 10.7. The summed E-state index contributed by atoms with van der Waals surface area (Å²) in [6.45, 7) is 4.25. The van der Waals surface area contributed by atoms with Crippen molar-refractivity contribution in [3.8, 4) is 11.7 Å². The normalized spacial score (nSPS) is 11.3. The molecule has 0 bridgehead atoms. The van der Waals surface area contributed by atoms with Crippen LogP contribution >= 0.6 is 0 Å². The highest BCUT2D eigenvalue weighted by molar-refractivity contribution is 5.42. The fourth-order valence-corrected chi connectivity index (χ4v) is 1.74. The van der Waals surface area contributed by atoms with Crippen molar-refractivity contribution in [1.29, 1.82) is 0 Å². The molecule has 0 saturated carbocycles. The van der Waals surface area contributed by atoms with Crippen molar-refractivity contribution in [3.05, 3.63) is 24.3 Å². The monoisotopic (exact) mass is 251 g/mol. The Labute approximate surface area is 105 Å². The maximum absolute atomic E-state index is 8.97. The van der Waals surface area contributed by atoms with E-state index in [1.54, 1.807) is 18.4 Å². The van der Waals surface area contributed by atoms with E-state index < -0.39 is 0 Å². The molecule has 2 aromatic rings. The zero-order chi connectivity index (χ0) is 12.8. The maximum atomic E-state index is 8.97. The molecule has 0 saturated heterocycles. The quantitative estimate of drug-likeness (QED) is 0.804. The van der Waals surface area contributed by atoms with Crippen LogP contribution in [0.25, 0.3) is 11.7 Å². The number of nitrogens with zero attached hydrogens (tertiary/aromatic N) is 3. The second-order valence-electron chi connectivity index (χ2n) is 3.98. The van der Waals surface area contributed by atoms with Crippen LogP contribution in [0.2, 0.25) is 0 Å². The lowest BCUT2D eigenvalue weighted by Crippen LogP contribution is -2.27. The minimum absolute atomic E-state index is 0.124. The molecule has 0 aliphatic heterocycles. The molecule has 0 fully saturated rings. The molecule has 2 heterocycles. The average molecular weight is 251 g/mol. The Bertz CT molecular complexity index is 447. The Hall–Kier alpha value is -1.66. The lowest BCUT2D eigenvalue weighted by molar-refractivity contribution is 0.179. The number of aromatic nitrogens is 2. The van der Waals surface area contributed by atoms with Crippen LogP contribution < -0.4 is 0 Å². The Morgan fingerprint density at radius 1 is 1.33 bits per heavy atom. The molecule has 0 radical (unpaired) electrons. The molecule has 0 aliphatic carbocycles. The van der Waals surface area contributed by atoms with Gasteiger partial charge in [-0.25, -0.2) is 0 Å². The van der Waals surface area contributed by atoms with E-state index in [0.29, 0.717) is 30.6 Å². The lowest BCUT2D eigenvalue weighted by Gasteiger charge is -2.17. The number of hydrogen-bond acceptors (Lipinski definition) is 6. The first-order valence-electron chi connectivity index (χ1n) is 6.03. The second kappa shape index (κ2) is 6.32. The highest BCUT2D eigenvalue weighted by Gasteiger charge is 2.13. The van der Waals surface area contributed by atoms with Crippen molar-refractivity contribution in [2.45, 2.75) is 19.9 Å². The number of hydrogen-bond donors (Lipinski definition) is 1. The summed E-state index contributed by atoms with van der Waals surface area (Å²) in [6.07, 6.45) is 2.58. The Morgan fingerprint density at radius 3 is 2.89 bits per heavy atom. The van der Waals surface area contributed by atoms with Crippen LogP contribution in [0.15, 0.2) is 27.2 Å². The third-order valence-electron chi connectivity index (χ3n) is 2.51. The first-order valence-corrected chi connectivity index (χ1v) is 6.03. The fourth-order valence-electron chi connectivity index (χ4n) is 1.74. The smallest absolute Gasteiger partial charge is 0.283 e. The van der Waals surface area contributed by atoms with E-state index >= 15 is 0 Å². The summed E-state index contributed by atoms with van der Waals surface area (Å²) in [5, 5.41) is 16.9. The van der Waals surface area contributed by atoms with Crippen molar-refractivity contribution in [2.75, 3.05) is 19.7 Å². The van der Waals surface area contributed by atoms with Crippen LogP contribution in [-0.4, -0.2) is 39.9 Å². The van der Waals surface area contributed by atoms with Gasteiger partial charge in [-0.1, -0.05) is 6.92 Å². The molecule has 6 nitrogen and oxygen atoms in total. The van der Waals surface area contributed by atoms with Crippen molar-refractivity contribution >= 4 is 0 Å². The minimum Gasteiger partial charge on any atom is -0.459 e. The fraction of sp³-hybridized carbons (Fsp3) is 0.500. The number of rotatable bonds is 7. The maximum Gasteiger partial charge on any atom is 0.283 e. The second-order valence-corrected chi connectivity index (χ2v) is 3.98. The molecule has 0 atom stereocenters. The molecular weight excluding hydrogens is 234 g/mol. The van der Waals surface area contributed by atoms with Crippen LogP contribution in [0.5, 0.6) is 0 Å². The molecule has 0 aromatic carbocycles. The van der Waals surface area contributed by atoms with Gasteiger partial charge < -0.3 is 13.9 Å². The van der Waals surface area contributed by atoms with Crippen molar-refractivity contribution in [2.24, 2.45) is 0 Å². The summed E-state index contributed by atoms with van der Waals surface area (Å²) in [6, 6.07) is 3.54. The first-order chi connectivity index (χ1) is 8.83. The largest absolute Gasteiger partial charge is 0.459 e. The summed E-state index contributed by atoms with van der Waals surface area (Å²) in [4.78, 5) is 2.07. The Morgan fingerprint density at radius 2 is 2.22 bits per heavy atom.